The summed E-state index contributed by atoms with van der Waals surface area (Å²) in [5.74, 6) is 1.54. The van der Waals surface area contributed by atoms with Gasteiger partial charge in [-0.05, 0) is 41.5 Å². The predicted molar refractivity (Wildman–Crippen MR) is 124 cm³/mol. The summed E-state index contributed by atoms with van der Waals surface area (Å²) in [5.41, 5.74) is 9.90. The summed E-state index contributed by atoms with van der Waals surface area (Å²) in [6.07, 6.45) is 1.96. The van der Waals surface area contributed by atoms with Crippen LogP contribution in [0.2, 0.25) is 0 Å². The van der Waals surface area contributed by atoms with E-state index in [4.69, 9.17) is 19.9 Å². The maximum Gasteiger partial charge on any atom is 0.220 e. The first-order chi connectivity index (χ1) is 15.9. The lowest BCUT2D eigenvalue weighted by Crippen LogP contribution is -2.40. The van der Waals surface area contributed by atoms with Crippen molar-refractivity contribution in [1.82, 2.24) is 4.90 Å². The molecule has 2 heterocycles. The van der Waals surface area contributed by atoms with Crippen LogP contribution >= 0.6 is 0 Å². The monoisotopic (exact) mass is 443 g/mol. The van der Waals surface area contributed by atoms with Crippen LogP contribution in [-0.4, -0.2) is 38.1 Å². The zero-order valence-electron chi connectivity index (χ0n) is 18.8. The minimum Gasteiger partial charge on any atom is -0.497 e. The minimum absolute atomic E-state index is 0.0662. The summed E-state index contributed by atoms with van der Waals surface area (Å²) in [6.45, 7) is 2.24. The van der Waals surface area contributed by atoms with Crippen LogP contribution in [0.1, 0.15) is 24.0 Å². The van der Waals surface area contributed by atoms with Gasteiger partial charge >= 0.3 is 0 Å². The van der Waals surface area contributed by atoms with Crippen LogP contribution in [-0.2, 0) is 9.53 Å². The second kappa shape index (κ2) is 9.13. The van der Waals surface area contributed by atoms with Gasteiger partial charge in [0.05, 0.1) is 20.1 Å². The lowest BCUT2D eigenvalue weighted by molar-refractivity contribution is -0.128. The fourth-order valence-electron chi connectivity index (χ4n) is 4.23. The summed E-state index contributed by atoms with van der Waals surface area (Å²) >= 11 is 0. The van der Waals surface area contributed by atoms with Crippen molar-refractivity contribution in [2.24, 2.45) is 5.73 Å². The van der Waals surface area contributed by atoms with Crippen molar-refractivity contribution < 1.29 is 19.0 Å². The number of methoxy groups -OCH3 is 2. The molecule has 1 amide bonds. The van der Waals surface area contributed by atoms with Crippen molar-refractivity contribution in [2.75, 3.05) is 27.3 Å². The first-order valence-electron chi connectivity index (χ1n) is 10.5. The summed E-state index contributed by atoms with van der Waals surface area (Å²) in [4.78, 5) is 14.2. The predicted octanol–water partition coefficient (Wildman–Crippen LogP) is 3.71. The first kappa shape index (κ1) is 22.0. The van der Waals surface area contributed by atoms with Crippen LogP contribution in [0.4, 0.5) is 0 Å². The van der Waals surface area contributed by atoms with E-state index in [1.54, 1.807) is 19.1 Å². The molecular formula is C26H25N3O4. The van der Waals surface area contributed by atoms with Gasteiger partial charge in [-0.25, -0.2) is 0 Å². The number of benzene rings is 2. The lowest BCUT2D eigenvalue weighted by Gasteiger charge is -2.38. The van der Waals surface area contributed by atoms with Gasteiger partial charge in [0.2, 0.25) is 11.8 Å². The van der Waals surface area contributed by atoms with Gasteiger partial charge in [-0.3, -0.25) is 4.79 Å². The number of nitrogens with zero attached hydrogens (tertiary/aromatic N) is 2. The molecule has 0 saturated heterocycles. The van der Waals surface area contributed by atoms with Gasteiger partial charge in [0.25, 0.3) is 0 Å². The Bertz CT molecular complexity index is 1240. The van der Waals surface area contributed by atoms with Crippen LogP contribution < -0.4 is 15.2 Å². The second-order valence-corrected chi connectivity index (χ2v) is 7.88. The zero-order valence-corrected chi connectivity index (χ0v) is 18.8. The molecule has 0 aromatic heterocycles. The van der Waals surface area contributed by atoms with E-state index in [0.717, 1.165) is 28.0 Å². The number of hydrogen-bond donors (Lipinski definition) is 1. The van der Waals surface area contributed by atoms with E-state index in [0.29, 0.717) is 30.2 Å². The van der Waals surface area contributed by atoms with E-state index in [-0.39, 0.29) is 11.8 Å². The fourth-order valence-corrected chi connectivity index (χ4v) is 4.23. The molecule has 2 aliphatic heterocycles. The topological polar surface area (TPSA) is 97.8 Å². The molecule has 0 radical (unpaired) electrons. The van der Waals surface area contributed by atoms with E-state index >= 15 is 0 Å². The largest absolute Gasteiger partial charge is 0.497 e. The smallest absolute Gasteiger partial charge is 0.220 e. The standard InChI is InChI=1S/C26H25N3O4/c1-16(30)29-14-19(10-17-6-4-8-20(11-17)31-2)25-23(15-29)24(22(13-27)26(28)33-25)18-7-5-9-21(12-18)32-3/h4-12,24H,14-15,28H2,1-3H3/b19-10+. The Balaban J connectivity index is 1.90. The lowest BCUT2D eigenvalue weighted by atomic mass is 9.80. The molecule has 2 N–H and O–H groups in total. The van der Waals surface area contributed by atoms with Crippen LogP contribution in [0.25, 0.3) is 6.08 Å². The average Bonchev–Trinajstić information content (AvgIpc) is 2.83. The maximum absolute atomic E-state index is 12.4. The second-order valence-electron chi connectivity index (χ2n) is 7.88. The van der Waals surface area contributed by atoms with Crippen molar-refractivity contribution in [3.8, 4) is 17.6 Å². The SMILES string of the molecule is COc1cccc(/C=C2\CN(C(C)=O)CC3=C2OC(N)=C(C#N)C3c2cccc(OC)c2)c1. The molecule has 2 aliphatic rings. The Morgan fingerprint density at radius 1 is 1.15 bits per heavy atom. The molecule has 0 bridgehead atoms. The average molecular weight is 444 g/mol. The number of ether oxygens (including phenoxy) is 3. The number of amides is 1. The minimum atomic E-state index is -0.454. The molecule has 0 aliphatic carbocycles. The van der Waals surface area contributed by atoms with Crippen molar-refractivity contribution in [2.45, 2.75) is 12.8 Å². The molecule has 1 atom stereocenters. The molecule has 4 rings (SSSR count). The molecule has 33 heavy (non-hydrogen) atoms. The molecule has 2 aromatic rings. The van der Waals surface area contributed by atoms with Crippen molar-refractivity contribution in [1.29, 1.82) is 5.26 Å². The summed E-state index contributed by atoms with van der Waals surface area (Å²) in [5, 5.41) is 9.91. The quantitative estimate of drug-likeness (QED) is 0.774. The van der Waals surface area contributed by atoms with E-state index in [9.17, 15) is 10.1 Å². The number of nitriles is 1. The number of carbonyl (C=O) groups excluding carboxylic acids is 1. The Morgan fingerprint density at radius 2 is 1.85 bits per heavy atom. The fraction of sp³-hybridized carbons (Fsp3) is 0.231. The highest BCUT2D eigenvalue weighted by atomic mass is 16.5. The van der Waals surface area contributed by atoms with Gasteiger partial charge in [0.1, 0.15) is 28.9 Å². The zero-order chi connectivity index (χ0) is 23.5. The van der Waals surface area contributed by atoms with Crippen molar-refractivity contribution in [3.05, 3.63) is 88.0 Å². The van der Waals surface area contributed by atoms with Crippen LogP contribution in [0, 0.1) is 11.3 Å². The van der Waals surface area contributed by atoms with Gasteiger partial charge in [-0.1, -0.05) is 24.3 Å². The summed E-state index contributed by atoms with van der Waals surface area (Å²) in [6, 6.07) is 17.3. The number of carbonyl (C=O) groups is 1. The maximum atomic E-state index is 12.4. The molecule has 2 aromatic carbocycles. The van der Waals surface area contributed by atoms with Gasteiger partial charge in [0, 0.05) is 31.2 Å². The normalized spacial score (nSPS) is 19.0. The van der Waals surface area contributed by atoms with Gasteiger partial charge < -0.3 is 24.8 Å². The third-order valence-corrected chi connectivity index (χ3v) is 5.85. The summed E-state index contributed by atoms with van der Waals surface area (Å²) < 4.78 is 16.8. The van der Waals surface area contributed by atoms with E-state index in [1.807, 2.05) is 54.6 Å². The highest BCUT2D eigenvalue weighted by Gasteiger charge is 2.38. The number of hydrogen-bond acceptors (Lipinski definition) is 6. The van der Waals surface area contributed by atoms with Crippen LogP contribution in [0.5, 0.6) is 11.5 Å². The molecule has 7 nitrogen and oxygen atoms in total. The third-order valence-electron chi connectivity index (χ3n) is 5.85. The molecule has 168 valence electrons. The van der Waals surface area contributed by atoms with E-state index in [2.05, 4.69) is 6.07 Å². The highest BCUT2D eigenvalue weighted by molar-refractivity contribution is 5.76. The van der Waals surface area contributed by atoms with Crippen LogP contribution in [0.3, 0.4) is 0 Å². The molecule has 0 fully saturated rings. The Hall–Kier alpha value is -4.18. The number of rotatable bonds is 4. The Kier molecular flexibility index (Phi) is 6.09. The van der Waals surface area contributed by atoms with E-state index in [1.165, 1.54) is 6.92 Å². The first-order valence-corrected chi connectivity index (χ1v) is 10.5. The Morgan fingerprint density at radius 3 is 2.52 bits per heavy atom. The van der Waals surface area contributed by atoms with Gasteiger partial charge in [-0.2, -0.15) is 5.26 Å². The highest BCUT2D eigenvalue weighted by Crippen LogP contribution is 2.44. The molecule has 7 heteroatoms. The van der Waals surface area contributed by atoms with Gasteiger partial charge in [0.15, 0.2) is 0 Å². The Labute approximate surface area is 193 Å². The van der Waals surface area contributed by atoms with Crippen LogP contribution in [0.15, 0.2) is 76.9 Å². The van der Waals surface area contributed by atoms with Gasteiger partial charge in [-0.15, -0.1) is 0 Å². The molecule has 0 spiro atoms. The number of nitrogens with two attached hydrogens (primary N) is 1. The molecule has 0 saturated carbocycles. The van der Waals surface area contributed by atoms with Crippen molar-refractivity contribution >= 4 is 12.0 Å². The summed E-state index contributed by atoms with van der Waals surface area (Å²) in [7, 11) is 3.21. The van der Waals surface area contributed by atoms with Crippen molar-refractivity contribution in [3.63, 3.8) is 0 Å². The third kappa shape index (κ3) is 4.28. The number of allylic oxidation sites excluding steroid dienone is 1. The molecular weight excluding hydrogens is 418 g/mol. The molecule has 1 unspecified atom stereocenters. The van der Waals surface area contributed by atoms with E-state index < -0.39 is 5.92 Å².